The topological polar surface area (TPSA) is 71.1 Å². The fraction of sp³-hybridized carbons (Fsp3) is 0.0417. The second-order valence-electron chi connectivity index (χ2n) is 6.95. The van der Waals surface area contributed by atoms with Gasteiger partial charge in [0, 0.05) is 5.56 Å². The molecule has 0 spiro atoms. The summed E-state index contributed by atoms with van der Waals surface area (Å²) in [5.41, 5.74) is 4.91. The van der Waals surface area contributed by atoms with Crippen molar-refractivity contribution in [1.29, 1.82) is 0 Å². The number of H-pyrrole nitrogens is 1. The summed E-state index contributed by atoms with van der Waals surface area (Å²) in [4.78, 5) is 11.4. The van der Waals surface area contributed by atoms with Crippen LogP contribution in [0, 0.1) is 6.57 Å². The Morgan fingerprint density at radius 2 is 1.70 bits per heavy atom. The highest BCUT2D eigenvalue weighted by atomic mass is 16.3. The Labute approximate surface area is 172 Å². The minimum absolute atomic E-state index is 0.0709. The summed E-state index contributed by atoms with van der Waals surface area (Å²) in [5, 5.41) is 15.8. The van der Waals surface area contributed by atoms with E-state index in [4.69, 9.17) is 11.7 Å². The lowest BCUT2D eigenvalue weighted by Crippen LogP contribution is -2.04. The molecule has 0 saturated heterocycles. The van der Waals surface area contributed by atoms with E-state index in [0.29, 0.717) is 29.4 Å². The third kappa shape index (κ3) is 3.09. The van der Waals surface area contributed by atoms with Gasteiger partial charge in [-0.05, 0) is 17.7 Å². The van der Waals surface area contributed by atoms with E-state index in [0.717, 1.165) is 22.2 Å². The fourth-order valence-electron chi connectivity index (χ4n) is 3.53. The summed E-state index contributed by atoms with van der Waals surface area (Å²) in [5.74, 6) is 0.580. The molecule has 2 N–H and O–H groups in total. The molecule has 6 nitrogen and oxygen atoms in total. The van der Waals surface area contributed by atoms with Crippen molar-refractivity contribution in [2.75, 3.05) is 0 Å². The average Bonchev–Trinajstić information content (AvgIpc) is 3.34. The van der Waals surface area contributed by atoms with Crippen LogP contribution in [0.1, 0.15) is 5.56 Å². The maximum atomic E-state index is 11.1. The summed E-state index contributed by atoms with van der Waals surface area (Å²) in [6.45, 7) is 7.71. The van der Waals surface area contributed by atoms with Crippen LogP contribution >= 0.6 is 0 Å². The van der Waals surface area contributed by atoms with Crippen molar-refractivity contribution in [2.24, 2.45) is 0 Å². The zero-order chi connectivity index (χ0) is 20.5. The number of nitrogens with one attached hydrogen (secondary N) is 1. The first-order valence-corrected chi connectivity index (χ1v) is 9.49. The lowest BCUT2D eigenvalue weighted by atomic mass is 10.1. The number of aromatic amines is 1. The molecule has 3 aromatic carbocycles. The fourth-order valence-corrected chi connectivity index (χ4v) is 3.53. The number of imidazole rings is 1. The van der Waals surface area contributed by atoms with Gasteiger partial charge >= 0.3 is 0 Å². The molecule has 0 aliphatic rings. The summed E-state index contributed by atoms with van der Waals surface area (Å²) < 4.78 is 1.76. The van der Waals surface area contributed by atoms with Crippen molar-refractivity contribution < 1.29 is 5.11 Å². The molecule has 0 aliphatic heterocycles. The van der Waals surface area contributed by atoms with Gasteiger partial charge in [-0.15, -0.1) is 0 Å². The Morgan fingerprint density at radius 3 is 2.43 bits per heavy atom. The Morgan fingerprint density at radius 1 is 0.967 bits per heavy atom. The maximum Gasteiger partial charge on any atom is 0.189 e. The molecule has 2 heterocycles. The zero-order valence-electron chi connectivity index (χ0n) is 15.9. The quantitative estimate of drug-likeness (QED) is 0.403. The van der Waals surface area contributed by atoms with Crippen molar-refractivity contribution in [3.05, 3.63) is 95.8 Å². The number of aromatic hydroxyl groups is 1. The SMILES string of the molecule is [C-]#[N+]c1ccc2nc(-c3c(O)c(-c4ccccc4)nn3Cc3ccccc3)[nH]c2c1. The molecule has 0 amide bonds. The standard InChI is InChI=1S/C24H17N5O/c1-25-18-12-13-19-20(14-18)27-24(26-19)22-23(30)21(17-10-6-3-7-11-17)28-29(22)15-16-8-4-2-5-9-16/h2-14,30H,15H2,(H,26,27). The Kier molecular flexibility index (Phi) is 4.26. The first-order chi connectivity index (χ1) is 14.7. The van der Waals surface area contributed by atoms with Crippen LogP contribution in [-0.4, -0.2) is 24.9 Å². The van der Waals surface area contributed by atoms with Crippen molar-refractivity contribution in [3.63, 3.8) is 0 Å². The molecule has 0 bridgehead atoms. The van der Waals surface area contributed by atoms with E-state index in [-0.39, 0.29) is 5.75 Å². The molecule has 144 valence electrons. The zero-order valence-corrected chi connectivity index (χ0v) is 15.9. The van der Waals surface area contributed by atoms with Gasteiger partial charge in [0.25, 0.3) is 0 Å². The van der Waals surface area contributed by atoms with Gasteiger partial charge < -0.3 is 10.1 Å². The predicted molar refractivity (Wildman–Crippen MR) is 116 cm³/mol. The highest BCUT2D eigenvalue weighted by Gasteiger charge is 2.22. The number of hydrogen-bond donors (Lipinski definition) is 2. The predicted octanol–water partition coefficient (Wildman–Crippen LogP) is 5.40. The number of hydrogen-bond acceptors (Lipinski definition) is 3. The van der Waals surface area contributed by atoms with Gasteiger partial charge in [-0.1, -0.05) is 66.7 Å². The van der Waals surface area contributed by atoms with Crippen LogP contribution < -0.4 is 0 Å². The van der Waals surface area contributed by atoms with E-state index in [1.165, 1.54) is 0 Å². The van der Waals surface area contributed by atoms with Gasteiger partial charge in [0.05, 0.1) is 24.2 Å². The van der Waals surface area contributed by atoms with Gasteiger partial charge in [0.15, 0.2) is 17.3 Å². The van der Waals surface area contributed by atoms with Crippen molar-refractivity contribution >= 4 is 16.7 Å². The molecule has 30 heavy (non-hydrogen) atoms. The number of fused-ring (bicyclic) bond motifs is 1. The third-order valence-corrected chi connectivity index (χ3v) is 4.97. The summed E-state index contributed by atoms with van der Waals surface area (Å²) >= 11 is 0. The molecule has 5 aromatic rings. The smallest absolute Gasteiger partial charge is 0.189 e. The number of nitrogens with zero attached hydrogens (tertiary/aromatic N) is 4. The lowest BCUT2D eigenvalue weighted by molar-refractivity contribution is 0.478. The second-order valence-corrected chi connectivity index (χ2v) is 6.95. The van der Waals surface area contributed by atoms with Gasteiger partial charge in [0.2, 0.25) is 0 Å². The van der Waals surface area contributed by atoms with Crippen LogP contribution in [0.5, 0.6) is 5.75 Å². The molecule has 2 aromatic heterocycles. The van der Waals surface area contributed by atoms with Crippen molar-refractivity contribution in [2.45, 2.75) is 6.54 Å². The number of aromatic nitrogens is 4. The summed E-state index contributed by atoms with van der Waals surface area (Å²) in [7, 11) is 0. The summed E-state index contributed by atoms with van der Waals surface area (Å²) in [6.07, 6.45) is 0. The molecular formula is C24H17N5O. The highest BCUT2D eigenvalue weighted by molar-refractivity contribution is 5.84. The highest BCUT2D eigenvalue weighted by Crippen LogP contribution is 2.38. The van der Waals surface area contributed by atoms with Crippen LogP contribution in [0.3, 0.4) is 0 Å². The largest absolute Gasteiger partial charge is 0.504 e. The van der Waals surface area contributed by atoms with E-state index in [9.17, 15) is 5.11 Å². The van der Waals surface area contributed by atoms with Gasteiger partial charge in [-0.25, -0.2) is 9.83 Å². The minimum atomic E-state index is 0.0709. The van der Waals surface area contributed by atoms with Crippen LogP contribution in [-0.2, 0) is 6.54 Å². The molecule has 0 fully saturated rings. The van der Waals surface area contributed by atoms with Crippen LogP contribution in [0.2, 0.25) is 0 Å². The van der Waals surface area contributed by atoms with Crippen molar-refractivity contribution in [1.82, 2.24) is 19.7 Å². The van der Waals surface area contributed by atoms with Gasteiger partial charge in [0.1, 0.15) is 11.4 Å². The first-order valence-electron chi connectivity index (χ1n) is 9.49. The Bertz CT molecular complexity index is 1380. The van der Waals surface area contributed by atoms with Crippen LogP contribution in [0.25, 0.3) is 38.7 Å². The molecular weight excluding hydrogens is 374 g/mol. The van der Waals surface area contributed by atoms with E-state index in [2.05, 4.69) is 14.8 Å². The Hall–Kier alpha value is -4.37. The van der Waals surface area contributed by atoms with Crippen LogP contribution in [0.4, 0.5) is 5.69 Å². The minimum Gasteiger partial charge on any atom is -0.504 e. The Balaban J connectivity index is 1.69. The van der Waals surface area contributed by atoms with Gasteiger partial charge in [-0.3, -0.25) is 4.68 Å². The van der Waals surface area contributed by atoms with Crippen LogP contribution in [0.15, 0.2) is 78.9 Å². The van der Waals surface area contributed by atoms with Gasteiger partial charge in [-0.2, -0.15) is 5.10 Å². The van der Waals surface area contributed by atoms with E-state index in [1.807, 2.05) is 60.7 Å². The third-order valence-electron chi connectivity index (χ3n) is 4.97. The molecule has 0 atom stereocenters. The average molecular weight is 391 g/mol. The summed E-state index contributed by atoms with van der Waals surface area (Å²) in [6, 6.07) is 24.8. The van der Waals surface area contributed by atoms with E-state index >= 15 is 0 Å². The second kappa shape index (κ2) is 7.22. The van der Waals surface area contributed by atoms with E-state index < -0.39 is 0 Å². The first kappa shape index (κ1) is 17.7. The molecule has 5 rings (SSSR count). The lowest BCUT2D eigenvalue weighted by Gasteiger charge is -2.05. The normalized spacial score (nSPS) is 10.9. The maximum absolute atomic E-state index is 11.1. The van der Waals surface area contributed by atoms with Crippen molar-refractivity contribution in [3.8, 4) is 28.5 Å². The molecule has 0 unspecified atom stereocenters. The molecule has 6 heteroatoms. The number of benzene rings is 3. The molecule has 0 radical (unpaired) electrons. The molecule has 0 aliphatic carbocycles. The number of rotatable bonds is 4. The van der Waals surface area contributed by atoms with E-state index in [1.54, 1.807) is 22.9 Å². The molecule has 0 saturated carbocycles. The monoisotopic (exact) mass is 391 g/mol.